The van der Waals surface area contributed by atoms with Gasteiger partial charge in [0.1, 0.15) is 17.7 Å². The molecule has 5 nitrogen and oxygen atoms in total. The maximum atomic E-state index is 11.8. The molecule has 0 spiro atoms. The maximum absolute atomic E-state index is 11.8. The molecule has 6 heteroatoms. The van der Waals surface area contributed by atoms with E-state index in [9.17, 15) is 4.79 Å². The van der Waals surface area contributed by atoms with Crippen molar-refractivity contribution < 1.29 is 9.53 Å². The van der Waals surface area contributed by atoms with Gasteiger partial charge < -0.3 is 10.1 Å². The Morgan fingerprint density at radius 2 is 2.05 bits per heavy atom. The molecule has 0 aliphatic rings. The predicted octanol–water partition coefficient (Wildman–Crippen LogP) is 3.25. The molecule has 0 unspecified atom stereocenters. The number of allylic oxidation sites excluding steroid dienone is 1. The van der Waals surface area contributed by atoms with Crippen molar-refractivity contribution in [1.82, 2.24) is 0 Å². The fourth-order valence-electron chi connectivity index (χ4n) is 1.28. The zero-order chi connectivity index (χ0) is 15.1. The Morgan fingerprint density at radius 3 is 2.60 bits per heavy atom. The highest BCUT2D eigenvalue weighted by atomic mass is 35.5. The van der Waals surface area contributed by atoms with Crippen LogP contribution >= 0.6 is 11.6 Å². The highest BCUT2D eigenvalue weighted by molar-refractivity contribution is 6.33. The minimum atomic E-state index is -0.468. The number of halogens is 1. The Bertz CT molecular complexity index is 608. The molecule has 0 amide bonds. The Labute approximate surface area is 122 Å². The second-order valence-corrected chi connectivity index (χ2v) is 4.48. The number of rotatable bonds is 4. The van der Waals surface area contributed by atoms with E-state index in [2.05, 4.69) is 5.32 Å². The Kier molecular flexibility index (Phi) is 5.58. The predicted molar refractivity (Wildman–Crippen MR) is 74.9 cm³/mol. The monoisotopic (exact) mass is 289 g/mol. The highest BCUT2D eigenvalue weighted by Gasteiger charge is 2.11. The quantitative estimate of drug-likeness (QED) is 0.679. The number of nitriles is 2. The third kappa shape index (κ3) is 4.31. The topological polar surface area (TPSA) is 85.9 Å². The lowest BCUT2D eigenvalue weighted by Crippen LogP contribution is -2.11. The fourth-order valence-corrected chi connectivity index (χ4v) is 1.46. The first-order chi connectivity index (χ1) is 9.47. The molecule has 0 bridgehead atoms. The van der Waals surface area contributed by atoms with Crippen LogP contribution in [0, 0.1) is 22.7 Å². The molecule has 0 aliphatic heterocycles. The van der Waals surface area contributed by atoms with E-state index in [0.29, 0.717) is 16.3 Å². The van der Waals surface area contributed by atoms with Crippen LogP contribution in [0.3, 0.4) is 0 Å². The van der Waals surface area contributed by atoms with Gasteiger partial charge in [0.05, 0.1) is 22.4 Å². The summed E-state index contributed by atoms with van der Waals surface area (Å²) in [6, 6.07) is 7.99. The molecular formula is C14H12ClN3O2. The van der Waals surface area contributed by atoms with E-state index in [-0.39, 0.29) is 11.7 Å². The molecule has 0 saturated heterocycles. The van der Waals surface area contributed by atoms with Gasteiger partial charge in [-0.15, -0.1) is 0 Å². The number of ether oxygens (including phenoxy) is 1. The van der Waals surface area contributed by atoms with Gasteiger partial charge in [-0.3, -0.25) is 0 Å². The summed E-state index contributed by atoms with van der Waals surface area (Å²) in [5.41, 5.74) is 0.638. The van der Waals surface area contributed by atoms with Gasteiger partial charge in [-0.1, -0.05) is 11.6 Å². The lowest BCUT2D eigenvalue weighted by Gasteiger charge is -2.10. The van der Waals surface area contributed by atoms with E-state index in [1.54, 1.807) is 26.0 Å². The molecule has 0 aromatic heterocycles. The number of nitrogens with zero attached hydrogens (tertiary/aromatic N) is 2. The lowest BCUT2D eigenvalue weighted by atomic mass is 10.2. The van der Waals surface area contributed by atoms with Crippen LogP contribution in [0.15, 0.2) is 30.0 Å². The number of carbonyl (C=O) groups is 1. The average molecular weight is 290 g/mol. The molecule has 1 aromatic carbocycles. The van der Waals surface area contributed by atoms with Crippen LogP contribution in [-0.4, -0.2) is 12.1 Å². The summed E-state index contributed by atoms with van der Waals surface area (Å²) in [5, 5.41) is 20.3. The molecule has 0 atom stereocenters. The van der Waals surface area contributed by atoms with Gasteiger partial charge in [-0.2, -0.15) is 10.5 Å². The number of esters is 1. The van der Waals surface area contributed by atoms with Crippen molar-refractivity contribution in [1.29, 1.82) is 10.5 Å². The first kappa shape index (κ1) is 15.6. The van der Waals surface area contributed by atoms with E-state index in [4.69, 9.17) is 26.9 Å². The third-order valence-electron chi connectivity index (χ3n) is 2.16. The van der Waals surface area contributed by atoms with Crippen molar-refractivity contribution in [2.45, 2.75) is 20.0 Å². The van der Waals surface area contributed by atoms with Crippen LogP contribution in [0.5, 0.6) is 0 Å². The van der Waals surface area contributed by atoms with Gasteiger partial charge in [0.15, 0.2) is 0 Å². The second kappa shape index (κ2) is 7.18. The SMILES string of the molecule is CC(C)OC(=O)c1ccc(Cl)c(NC=C(C#N)C#N)c1. The van der Waals surface area contributed by atoms with Crippen molar-refractivity contribution in [2.75, 3.05) is 5.32 Å². The van der Waals surface area contributed by atoms with Crippen molar-refractivity contribution >= 4 is 23.3 Å². The molecule has 1 aromatic rings. The van der Waals surface area contributed by atoms with Crippen LogP contribution in [0.1, 0.15) is 24.2 Å². The van der Waals surface area contributed by atoms with Crippen molar-refractivity contribution in [3.63, 3.8) is 0 Å². The molecular weight excluding hydrogens is 278 g/mol. The number of anilines is 1. The van der Waals surface area contributed by atoms with E-state index in [1.807, 2.05) is 0 Å². The Hall–Kier alpha value is -2.50. The molecule has 0 heterocycles. The largest absolute Gasteiger partial charge is 0.459 e. The molecule has 0 fully saturated rings. The Balaban J connectivity index is 2.99. The summed E-state index contributed by atoms with van der Waals surface area (Å²) < 4.78 is 5.07. The van der Waals surface area contributed by atoms with Crippen LogP contribution in [0.4, 0.5) is 5.69 Å². The molecule has 0 aliphatic carbocycles. The molecule has 102 valence electrons. The number of hydrogen-bond acceptors (Lipinski definition) is 5. The summed E-state index contributed by atoms with van der Waals surface area (Å²) in [6.07, 6.45) is 0.997. The molecule has 20 heavy (non-hydrogen) atoms. The van der Waals surface area contributed by atoms with E-state index in [0.717, 1.165) is 0 Å². The van der Waals surface area contributed by atoms with Crippen LogP contribution in [-0.2, 0) is 4.74 Å². The van der Waals surface area contributed by atoms with Crippen molar-refractivity contribution in [3.05, 3.63) is 40.6 Å². The van der Waals surface area contributed by atoms with Crippen LogP contribution in [0.25, 0.3) is 0 Å². The zero-order valence-electron chi connectivity index (χ0n) is 11.0. The number of carbonyl (C=O) groups excluding carboxylic acids is 1. The summed E-state index contributed by atoms with van der Waals surface area (Å²) >= 11 is 5.97. The smallest absolute Gasteiger partial charge is 0.338 e. The normalized spacial score (nSPS) is 9.30. The van der Waals surface area contributed by atoms with Crippen LogP contribution in [0.2, 0.25) is 5.02 Å². The summed E-state index contributed by atoms with van der Waals surface area (Å²) in [5.74, 6) is -0.468. The summed E-state index contributed by atoms with van der Waals surface area (Å²) in [7, 11) is 0. The number of nitrogens with one attached hydrogen (secondary N) is 1. The molecule has 1 N–H and O–H groups in total. The second-order valence-electron chi connectivity index (χ2n) is 4.07. The Morgan fingerprint density at radius 1 is 1.40 bits per heavy atom. The molecule has 0 radical (unpaired) electrons. The van der Waals surface area contributed by atoms with Gasteiger partial charge in [-0.25, -0.2) is 4.79 Å². The average Bonchev–Trinajstić information content (AvgIpc) is 2.40. The van der Waals surface area contributed by atoms with E-state index >= 15 is 0 Å². The first-order valence-corrected chi connectivity index (χ1v) is 6.13. The fraction of sp³-hybridized carbons (Fsp3) is 0.214. The van der Waals surface area contributed by atoms with Gasteiger partial charge in [-0.05, 0) is 32.0 Å². The third-order valence-corrected chi connectivity index (χ3v) is 2.49. The van der Waals surface area contributed by atoms with E-state index < -0.39 is 5.97 Å². The van der Waals surface area contributed by atoms with Gasteiger partial charge in [0.25, 0.3) is 0 Å². The summed E-state index contributed by atoms with van der Waals surface area (Å²) in [6.45, 7) is 3.50. The minimum Gasteiger partial charge on any atom is -0.459 e. The minimum absolute atomic E-state index is 0.101. The van der Waals surface area contributed by atoms with Gasteiger partial charge in [0.2, 0.25) is 0 Å². The maximum Gasteiger partial charge on any atom is 0.338 e. The molecule has 0 saturated carbocycles. The van der Waals surface area contributed by atoms with Gasteiger partial charge in [0, 0.05) is 6.20 Å². The first-order valence-electron chi connectivity index (χ1n) is 5.75. The number of hydrogen-bond donors (Lipinski definition) is 1. The molecule has 1 rings (SSSR count). The highest BCUT2D eigenvalue weighted by Crippen LogP contribution is 2.24. The lowest BCUT2D eigenvalue weighted by molar-refractivity contribution is 0.0378. The summed E-state index contributed by atoms with van der Waals surface area (Å²) in [4.78, 5) is 11.8. The van der Waals surface area contributed by atoms with Crippen molar-refractivity contribution in [3.8, 4) is 12.1 Å². The van der Waals surface area contributed by atoms with Gasteiger partial charge >= 0.3 is 5.97 Å². The van der Waals surface area contributed by atoms with Crippen molar-refractivity contribution in [2.24, 2.45) is 0 Å². The number of benzene rings is 1. The standard InChI is InChI=1S/C14H12ClN3O2/c1-9(2)20-14(19)11-3-4-12(15)13(5-11)18-8-10(6-16)7-17/h3-5,8-9,18H,1-2H3. The van der Waals surface area contributed by atoms with E-state index in [1.165, 1.54) is 24.4 Å². The zero-order valence-corrected chi connectivity index (χ0v) is 11.7. The van der Waals surface area contributed by atoms with Crippen LogP contribution < -0.4 is 5.32 Å².